The van der Waals surface area contributed by atoms with Gasteiger partial charge in [0.15, 0.2) is 0 Å². The van der Waals surface area contributed by atoms with Crippen LogP contribution in [0.5, 0.6) is 0 Å². The molecule has 110 valence electrons. The van der Waals surface area contributed by atoms with E-state index in [1.165, 1.54) is 75.5 Å². The molecule has 0 atom stereocenters. The van der Waals surface area contributed by atoms with Gasteiger partial charge in [0.25, 0.3) is 0 Å². The van der Waals surface area contributed by atoms with Crippen LogP contribution in [-0.4, -0.2) is 77.3 Å². The lowest BCUT2D eigenvalue weighted by Gasteiger charge is -2.47. The van der Waals surface area contributed by atoms with E-state index in [4.69, 9.17) is 0 Å². The minimum absolute atomic E-state index is 0.788. The molecular weight excluding hydrogens is 250 g/mol. The summed E-state index contributed by atoms with van der Waals surface area (Å²) < 4.78 is 0. The first-order valence-electron chi connectivity index (χ1n) is 7.99. The summed E-state index contributed by atoms with van der Waals surface area (Å²) in [4.78, 5) is 7.66. The predicted molar refractivity (Wildman–Crippen MR) is 78.7 cm³/mol. The first kappa shape index (κ1) is 12.8. The molecule has 0 saturated carbocycles. The van der Waals surface area contributed by atoms with E-state index in [0.29, 0.717) is 0 Å². The van der Waals surface area contributed by atoms with E-state index in [1.54, 1.807) is 0 Å². The topological polar surface area (TPSA) is 38.4 Å². The van der Waals surface area contributed by atoms with Crippen LogP contribution in [0, 0.1) is 0 Å². The number of fused-ring (bicyclic) bond motifs is 1. The molecule has 3 aliphatic rings. The lowest BCUT2D eigenvalue weighted by molar-refractivity contribution is 0.00476. The first-order valence-corrected chi connectivity index (χ1v) is 7.99. The van der Waals surface area contributed by atoms with E-state index in [9.17, 15) is 0 Å². The van der Waals surface area contributed by atoms with Gasteiger partial charge in [-0.1, -0.05) is 0 Å². The summed E-state index contributed by atoms with van der Waals surface area (Å²) in [5.74, 6) is 0. The summed E-state index contributed by atoms with van der Waals surface area (Å²) in [7, 11) is 2.22. The molecule has 4 rings (SSSR count). The van der Waals surface area contributed by atoms with Gasteiger partial charge in [-0.25, -0.2) is 0 Å². The van der Waals surface area contributed by atoms with E-state index in [2.05, 4.69) is 31.9 Å². The third-order valence-electron chi connectivity index (χ3n) is 5.26. The van der Waals surface area contributed by atoms with Crippen molar-refractivity contribution in [1.82, 2.24) is 24.9 Å². The van der Waals surface area contributed by atoms with Crippen LogP contribution in [0.1, 0.15) is 23.4 Å². The number of likely N-dealkylation sites (tertiary alicyclic amines) is 1. The number of H-pyrrole nitrogens is 1. The van der Waals surface area contributed by atoms with Crippen LogP contribution >= 0.6 is 0 Å². The summed E-state index contributed by atoms with van der Waals surface area (Å²) in [6, 6.07) is 0.788. The van der Waals surface area contributed by atoms with Gasteiger partial charge in [0, 0.05) is 57.5 Å². The Hall–Kier alpha value is -0.910. The third kappa shape index (κ3) is 2.28. The number of hydrogen-bond acceptors (Lipinski definition) is 4. The Labute approximate surface area is 120 Å². The molecule has 2 fully saturated rings. The van der Waals surface area contributed by atoms with Gasteiger partial charge < -0.3 is 4.90 Å². The van der Waals surface area contributed by atoms with E-state index in [0.717, 1.165) is 12.6 Å². The van der Waals surface area contributed by atoms with Crippen LogP contribution in [0.15, 0.2) is 0 Å². The standard InChI is InChI=1S/C15H25N5/c1-18-5-7-20(8-6-18)12-9-19(10-12)11-15-13-3-2-4-14(13)16-17-15/h12H,2-11H2,1H3,(H,16,17). The van der Waals surface area contributed by atoms with Crippen LogP contribution in [0.4, 0.5) is 0 Å². The lowest BCUT2D eigenvalue weighted by atomic mass is 10.0. The second-order valence-corrected chi connectivity index (χ2v) is 6.67. The van der Waals surface area contributed by atoms with Gasteiger partial charge in [-0.2, -0.15) is 5.10 Å². The second kappa shape index (κ2) is 5.13. The number of aromatic amines is 1. The van der Waals surface area contributed by atoms with E-state index in [-0.39, 0.29) is 0 Å². The van der Waals surface area contributed by atoms with Crippen LogP contribution in [0.25, 0.3) is 0 Å². The number of aryl methyl sites for hydroxylation is 1. The van der Waals surface area contributed by atoms with Crippen molar-refractivity contribution in [3.05, 3.63) is 17.0 Å². The molecular formula is C15H25N5. The van der Waals surface area contributed by atoms with Gasteiger partial charge in [0.1, 0.15) is 0 Å². The van der Waals surface area contributed by atoms with Crippen molar-refractivity contribution in [3.8, 4) is 0 Å². The number of aromatic nitrogens is 2. The summed E-state index contributed by atoms with van der Waals surface area (Å²) in [5.41, 5.74) is 4.23. The SMILES string of the molecule is CN1CCN(C2CN(Cc3n[nH]c4c3CCC4)C2)CC1. The maximum atomic E-state index is 4.52. The highest BCUT2D eigenvalue weighted by atomic mass is 15.3. The normalized spacial score (nSPS) is 25.9. The number of rotatable bonds is 3. The van der Waals surface area contributed by atoms with Gasteiger partial charge in [-0.15, -0.1) is 0 Å². The number of nitrogens with one attached hydrogen (secondary N) is 1. The lowest BCUT2D eigenvalue weighted by Crippen LogP contribution is -2.62. The molecule has 3 heterocycles. The van der Waals surface area contributed by atoms with Crippen molar-refractivity contribution in [2.24, 2.45) is 0 Å². The molecule has 0 radical (unpaired) electrons. The molecule has 2 aliphatic heterocycles. The van der Waals surface area contributed by atoms with Crippen molar-refractivity contribution in [2.45, 2.75) is 31.8 Å². The van der Waals surface area contributed by atoms with Crippen molar-refractivity contribution in [1.29, 1.82) is 0 Å². The Bertz CT molecular complexity index is 469. The highest BCUT2D eigenvalue weighted by molar-refractivity contribution is 5.29. The Morgan fingerprint density at radius 1 is 1.15 bits per heavy atom. The van der Waals surface area contributed by atoms with Crippen molar-refractivity contribution in [3.63, 3.8) is 0 Å². The van der Waals surface area contributed by atoms with Gasteiger partial charge in [-0.05, 0) is 31.9 Å². The molecule has 0 bridgehead atoms. The number of hydrogen-bond donors (Lipinski definition) is 1. The quantitative estimate of drug-likeness (QED) is 0.863. The van der Waals surface area contributed by atoms with Gasteiger partial charge in [-0.3, -0.25) is 14.9 Å². The monoisotopic (exact) mass is 275 g/mol. The summed E-state index contributed by atoms with van der Waals surface area (Å²) in [6.07, 6.45) is 3.74. The molecule has 1 aromatic heterocycles. The second-order valence-electron chi connectivity index (χ2n) is 6.67. The molecule has 0 unspecified atom stereocenters. The number of nitrogens with zero attached hydrogens (tertiary/aromatic N) is 4. The maximum absolute atomic E-state index is 4.52. The molecule has 1 N–H and O–H groups in total. The number of likely N-dealkylation sites (N-methyl/N-ethyl adjacent to an activating group) is 1. The van der Waals surface area contributed by atoms with E-state index < -0.39 is 0 Å². The summed E-state index contributed by atoms with van der Waals surface area (Å²) in [5, 5.41) is 7.75. The molecule has 5 heteroatoms. The van der Waals surface area contributed by atoms with Gasteiger partial charge in [0.2, 0.25) is 0 Å². The Morgan fingerprint density at radius 2 is 1.95 bits per heavy atom. The van der Waals surface area contributed by atoms with E-state index in [1.807, 2.05) is 0 Å². The molecule has 0 aromatic carbocycles. The summed E-state index contributed by atoms with van der Waals surface area (Å²) >= 11 is 0. The fraction of sp³-hybridized carbons (Fsp3) is 0.800. The highest BCUT2D eigenvalue weighted by Gasteiger charge is 2.33. The Morgan fingerprint density at radius 3 is 2.75 bits per heavy atom. The van der Waals surface area contributed by atoms with E-state index >= 15 is 0 Å². The van der Waals surface area contributed by atoms with Crippen LogP contribution < -0.4 is 0 Å². The minimum Gasteiger partial charge on any atom is -0.304 e. The fourth-order valence-corrected chi connectivity index (χ4v) is 3.82. The largest absolute Gasteiger partial charge is 0.304 e. The van der Waals surface area contributed by atoms with Crippen molar-refractivity contribution >= 4 is 0 Å². The summed E-state index contributed by atoms with van der Waals surface area (Å²) in [6.45, 7) is 8.44. The minimum atomic E-state index is 0.788. The fourth-order valence-electron chi connectivity index (χ4n) is 3.82. The molecule has 5 nitrogen and oxygen atoms in total. The molecule has 20 heavy (non-hydrogen) atoms. The van der Waals surface area contributed by atoms with Crippen LogP contribution in [0.2, 0.25) is 0 Å². The molecule has 2 saturated heterocycles. The van der Waals surface area contributed by atoms with Gasteiger partial charge in [0.05, 0.1) is 5.69 Å². The number of piperazine rings is 1. The zero-order valence-electron chi connectivity index (χ0n) is 12.4. The zero-order chi connectivity index (χ0) is 13.5. The Balaban J connectivity index is 1.29. The molecule has 0 spiro atoms. The predicted octanol–water partition coefficient (Wildman–Crippen LogP) is 0.330. The maximum Gasteiger partial charge on any atom is 0.0797 e. The van der Waals surface area contributed by atoms with Gasteiger partial charge >= 0.3 is 0 Å². The average Bonchev–Trinajstić information content (AvgIpc) is 2.99. The molecule has 1 aliphatic carbocycles. The third-order valence-corrected chi connectivity index (χ3v) is 5.26. The molecule has 0 amide bonds. The van der Waals surface area contributed by atoms with Crippen molar-refractivity contribution in [2.75, 3.05) is 46.3 Å². The highest BCUT2D eigenvalue weighted by Crippen LogP contribution is 2.26. The first-order chi connectivity index (χ1) is 9.79. The van der Waals surface area contributed by atoms with Crippen LogP contribution in [-0.2, 0) is 19.4 Å². The average molecular weight is 275 g/mol. The smallest absolute Gasteiger partial charge is 0.0797 e. The zero-order valence-corrected chi connectivity index (χ0v) is 12.4. The van der Waals surface area contributed by atoms with Crippen LogP contribution in [0.3, 0.4) is 0 Å². The molecule has 1 aromatic rings. The Kier molecular flexibility index (Phi) is 3.28. The van der Waals surface area contributed by atoms with Crippen molar-refractivity contribution < 1.29 is 0 Å².